The number of carbonyl (C=O) groups excluding carboxylic acids is 1. The number of fused-ring (bicyclic) bond motifs is 1. The predicted molar refractivity (Wildman–Crippen MR) is 74.1 cm³/mol. The number of rotatable bonds is 4. The maximum Gasteiger partial charge on any atom is 0.342 e. The van der Waals surface area contributed by atoms with E-state index in [2.05, 4.69) is 4.74 Å². The monoisotopic (exact) mass is 277 g/mol. The number of phenols is 1. The van der Waals surface area contributed by atoms with Crippen LogP contribution in [0, 0.1) is 0 Å². The number of aromatic hydroxyl groups is 1. The fraction of sp³-hybridized carbons (Fsp3) is 0.267. The summed E-state index contributed by atoms with van der Waals surface area (Å²) in [5.41, 5.74) is 6.01. The standard InChI is InChI=1S/C15H16FNO3/c1-2-20-15(19)13(16)14(17)12-10-6-4-3-5-9(10)7-8-11(12)18/h3-8,13-14,18H,2,17H2,1H3/t13?,14-/m1/s1. The van der Waals surface area contributed by atoms with Crippen molar-refractivity contribution in [2.24, 2.45) is 5.73 Å². The maximum absolute atomic E-state index is 14.1. The fourth-order valence-electron chi connectivity index (χ4n) is 2.15. The quantitative estimate of drug-likeness (QED) is 0.842. The van der Waals surface area contributed by atoms with Gasteiger partial charge >= 0.3 is 5.97 Å². The van der Waals surface area contributed by atoms with E-state index >= 15 is 0 Å². The molecule has 2 atom stereocenters. The van der Waals surface area contributed by atoms with E-state index in [1.54, 1.807) is 25.1 Å². The van der Waals surface area contributed by atoms with Crippen molar-refractivity contribution in [2.45, 2.75) is 19.1 Å². The third-order valence-electron chi connectivity index (χ3n) is 3.11. The fourth-order valence-corrected chi connectivity index (χ4v) is 2.15. The number of benzene rings is 2. The van der Waals surface area contributed by atoms with Crippen LogP contribution in [0.4, 0.5) is 4.39 Å². The zero-order valence-corrected chi connectivity index (χ0v) is 11.0. The highest BCUT2D eigenvalue weighted by atomic mass is 19.1. The molecular weight excluding hydrogens is 261 g/mol. The average molecular weight is 277 g/mol. The van der Waals surface area contributed by atoms with Gasteiger partial charge in [-0.2, -0.15) is 0 Å². The number of hydrogen-bond acceptors (Lipinski definition) is 4. The summed E-state index contributed by atoms with van der Waals surface area (Å²) < 4.78 is 18.7. The molecule has 0 amide bonds. The Hall–Kier alpha value is -2.14. The Morgan fingerprint density at radius 3 is 2.75 bits per heavy atom. The van der Waals surface area contributed by atoms with Gasteiger partial charge in [-0.1, -0.05) is 30.3 Å². The Kier molecular flexibility index (Phi) is 4.20. The van der Waals surface area contributed by atoms with Crippen molar-refractivity contribution in [3.63, 3.8) is 0 Å². The lowest BCUT2D eigenvalue weighted by atomic mass is 9.95. The molecular formula is C15H16FNO3. The molecule has 0 heterocycles. The molecule has 1 unspecified atom stereocenters. The van der Waals surface area contributed by atoms with Gasteiger partial charge in [-0.05, 0) is 23.8 Å². The van der Waals surface area contributed by atoms with Crippen LogP contribution in [0.2, 0.25) is 0 Å². The summed E-state index contributed by atoms with van der Waals surface area (Å²) in [5, 5.41) is 11.4. The molecule has 5 heteroatoms. The largest absolute Gasteiger partial charge is 0.508 e. The Morgan fingerprint density at radius 1 is 1.35 bits per heavy atom. The van der Waals surface area contributed by atoms with E-state index in [1.165, 1.54) is 6.07 Å². The minimum atomic E-state index is -2.02. The summed E-state index contributed by atoms with van der Waals surface area (Å²) in [4.78, 5) is 11.4. The van der Waals surface area contributed by atoms with Crippen molar-refractivity contribution in [2.75, 3.05) is 6.61 Å². The first kappa shape index (κ1) is 14.3. The van der Waals surface area contributed by atoms with E-state index in [4.69, 9.17) is 5.73 Å². The molecule has 0 aliphatic carbocycles. The van der Waals surface area contributed by atoms with Gasteiger partial charge in [0.1, 0.15) is 5.75 Å². The van der Waals surface area contributed by atoms with Gasteiger partial charge < -0.3 is 15.6 Å². The van der Waals surface area contributed by atoms with Crippen LogP contribution in [-0.2, 0) is 9.53 Å². The topological polar surface area (TPSA) is 72.5 Å². The lowest BCUT2D eigenvalue weighted by Gasteiger charge is -2.19. The number of ether oxygens (including phenoxy) is 1. The molecule has 0 saturated heterocycles. The lowest BCUT2D eigenvalue weighted by Crippen LogP contribution is -2.31. The van der Waals surface area contributed by atoms with Crippen molar-refractivity contribution in [3.05, 3.63) is 42.0 Å². The van der Waals surface area contributed by atoms with Gasteiger partial charge in [-0.15, -0.1) is 0 Å². The maximum atomic E-state index is 14.1. The third kappa shape index (κ3) is 2.58. The molecule has 2 aromatic carbocycles. The second-order valence-electron chi connectivity index (χ2n) is 4.40. The molecule has 0 bridgehead atoms. The van der Waals surface area contributed by atoms with Crippen LogP contribution in [0.5, 0.6) is 5.75 Å². The van der Waals surface area contributed by atoms with Crippen LogP contribution >= 0.6 is 0 Å². The molecule has 0 saturated carbocycles. The smallest absolute Gasteiger partial charge is 0.342 e. The molecule has 0 spiro atoms. The van der Waals surface area contributed by atoms with Gasteiger partial charge in [0.2, 0.25) is 6.17 Å². The van der Waals surface area contributed by atoms with Crippen molar-refractivity contribution < 1.29 is 19.0 Å². The molecule has 3 N–H and O–H groups in total. The second kappa shape index (κ2) is 5.88. The predicted octanol–water partition coefficient (Wildman–Crippen LogP) is 2.45. The normalized spacial score (nSPS) is 13.9. The summed E-state index contributed by atoms with van der Waals surface area (Å²) in [7, 11) is 0. The SMILES string of the molecule is CCOC(=O)C(F)[C@H](N)c1c(O)ccc2ccccc12. The number of halogens is 1. The molecule has 4 nitrogen and oxygen atoms in total. The summed E-state index contributed by atoms with van der Waals surface area (Å²) in [5.74, 6) is -1.16. The summed E-state index contributed by atoms with van der Waals surface area (Å²) in [6, 6.07) is 9.00. The number of esters is 1. The van der Waals surface area contributed by atoms with Gasteiger partial charge in [0.15, 0.2) is 0 Å². The van der Waals surface area contributed by atoms with Crippen LogP contribution in [0.15, 0.2) is 36.4 Å². The molecule has 106 valence electrons. The van der Waals surface area contributed by atoms with Crippen LogP contribution in [0.25, 0.3) is 10.8 Å². The van der Waals surface area contributed by atoms with Crippen molar-refractivity contribution >= 4 is 16.7 Å². The molecule has 0 fully saturated rings. The van der Waals surface area contributed by atoms with E-state index in [9.17, 15) is 14.3 Å². The molecule has 2 aromatic rings. The van der Waals surface area contributed by atoms with Gasteiger partial charge in [0.05, 0.1) is 12.6 Å². The molecule has 0 aliphatic rings. The number of alkyl halides is 1. The Labute approximate surface area is 116 Å². The van der Waals surface area contributed by atoms with Crippen LogP contribution in [0.1, 0.15) is 18.5 Å². The highest BCUT2D eigenvalue weighted by molar-refractivity contribution is 5.89. The summed E-state index contributed by atoms with van der Waals surface area (Å²) in [6.07, 6.45) is -2.02. The van der Waals surface area contributed by atoms with Crippen molar-refractivity contribution in [1.29, 1.82) is 0 Å². The van der Waals surface area contributed by atoms with E-state index in [0.29, 0.717) is 5.39 Å². The Morgan fingerprint density at radius 2 is 2.05 bits per heavy atom. The highest BCUT2D eigenvalue weighted by Gasteiger charge is 2.30. The van der Waals surface area contributed by atoms with Gasteiger partial charge in [-0.25, -0.2) is 9.18 Å². The minimum absolute atomic E-state index is 0.0769. The van der Waals surface area contributed by atoms with E-state index in [-0.39, 0.29) is 17.9 Å². The van der Waals surface area contributed by atoms with E-state index in [1.807, 2.05) is 12.1 Å². The first-order chi connectivity index (χ1) is 9.56. The average Bonchev–Trinajstić information content (AvgIpc) is 2.46. The number of phenolic OH excluding ortho intramolecular Hbond substituents is 1. The second-order valence-corrected chi connectivity index (χ2v) is 4.40. The molecule has 0 aromatic heterocycles. The number of carbonyl (C=O) groups is 1. The van der Waals surface area contributed by atoms with Gasteiger partial charge in [0, 0.05) is 5.56 Å². The van der Waals surface area contributed by atoms with Crippen LogP contribution < -0.4 is 5.73 Å². The molecule has 0 aliphatic heterocycles. The molecule has 20 heavy (non-hydrogen) atoms. The van der Waals surface area contributed by atoms with Gasteiger partial charge in [-0.3, -0.25) is 0 Å². The van der Waals surface area contributed by atoms with Crippen molar-refractivity contribution in [1.82, 2.24) is 0 Å². The van der Waals surface area contributed by atoms with E-state index in [0.717, 1.165) is 5.39 Å². The first-order valence-corrected chi connectivity index (χ1v) is 6.33. The third-order valence-corrected chi connectivity index (χ3v) is 3.11. The highest BCUT2D eigenvalue weighted by Crippen LogP contribution is 2.33. The van der Waals surface area contributed by atoms with Crippen LogP contribution in [0.3, 0.4) is 0 Å². The zero-order chi connectivity index (χ0) is 14.7. The first-order valence-electron chi connectivity index (χ1n) is 6.33. The number of hydrogen-bond donors (Lipinski definition) is 2. The molecule has 0 radical (unpaired) electrons. The minimum Gasteiger partial charge on any atom is -0.508 e. The van der Waals surface area contributed by atoms with E-state index < -0.39 is 18.2 Å². The van der Waals surface area contributed by atoms with Gasteiger partial charge in [0.25, 0.3) is 0 Å². The lowest BCUT2D eigenvalue weighted by molar-refractivity contribution is -0.149. The Balaban J connectivity index is 2.46. The number of nitrogens with two attached hydrogens (primary N) is 1. The molecule has 2 rings (SSSR count). The summed E-state index contributed by atoms with van der Waals surface area (Å²) in [6.45, 7) is 1.67. The summed E-state index contributed by atoms with van der Waals surface area (Å²) >= 11 is 0. The van der Waals surface area contributed by atoms with Crippen LogP contribution in [-0.4, -0.2) is 23.9 Å². The zero-order valence-electron chi connectivity index (χ0n) is 11.0. The van der Waals surface area contributed by atoms with Crippen molar-refractivity contribution in [3.8, 4) is 5.75 Å². The Bertz CT molecular complexity index is 630.